The van der Waals surface area contributed by atoms with Crippen LogP contribution in [0.4, 0.5) is 4.39 Å². The average molecular weight is 323 g/mol. The van der Waals surface area contributed by atoms with Gasteiger partial charge in [-0.05, 0) is 44.4 Å². The van der Waals surface area contributed by atoms with Gasteiger partial charge >= 0.3 is 0 Å². The summed E-state index contributed by atoms with van der Waals surface area (Å²) < 4.78 is 15.1. The lowest BCUT2D eigenvalue weighted by Gasteiger charge is -2.45. The third-order valence-corrected chi connectivity index (χ3v) is 6.60. The van der Waals surface area contributed by atoms with Gasteiger partial charge in [0.2, 0.25) is 0 Å². The SMILES string of the molecule is OCC1(F)CN(CC2CCC(c3nn[nH]n3)CC2)CC12CCC2. The molecular weight excluding hydrogens is 297 g/mol. The minimum Gasteiger partial charge on any atom is -0.393 e. The number of tetrazole rings is 1. The standard InChI is InChI=1S/C16H26FN5O/c17-16(11-23)10-22(9-15(16)6-1-7-15)8-12-2-4-13(5-3-12)14-18-20-21-19-14/h12-13,23H,1-11H2,(H,18,19,20,21). The van der Waals surface area contributed by atoms with Gasteiger partial charge in [-0.2, -0.15) is 5.21 Å². The van der Waals surface area contributed by atoms with E-state index in [0.717, 1.165) is 63.9 Å². The molecule has 2 aliphatic carbocycles. The van der Waals surface area contributed by atoms with E-state index in [2.05, 4.69) is 25.5 Å². The van der Waals surface area contributed by atoms with Gasteiger partial charge in [0.15, 0.2) is 11.5 Å². The van der Waals surface area contributed by atoms with E-state index in [0.29, 0.717) is 18.4 Å². The maximum Gasteiger partial charge on any atom is 0.177 e. The van der Waals surface area contributed by atoms with Crippen LogP contribution in [-0.2, 0) is 0 Å². The Kier molecular flexibility index (Phi) is 3.88. The van der Waals surface area contributed by atoms with Gasteiger partial charge in [-0.15, -0.1) is 10.2 Å². The molecule has 2 saturated carbocycles. The normalized spacial score (nSPS) is 37.1. The summed E-state index contributed by atoms with van der Waals surface area (Å²) in [6.45, 7) is 1.88. The molecule has 1 atom stereocenters. The van der Waals surface area contributed by atoms with Crippen LogP contribution >= 0.6 is 0 Å². The van der Waals surface area contributed by atoms with Gasteiger partial charge < -0.3 is 5.11 Å². The molecule has 0 radical (unpaired) electrons. The molecule has 1 aliphatic heterocycles. The number of aliphatic hydroxyl groups is 1. The number of H-pyrrole nitrogens is 1. The first kappa shape index (κ1) is 15.4. The highest BCUT2D eigenvalue weighted by atomic mass is 19.1. The molecule has 2 heterocycles. The van der Waals surface area contributed by atoms with Crippen molar-refractivity contribution in [2.75, 3.05) is 26.2 Å². The molecule has 3 fully saturated rings. The quantitative estimate of drug-likeness (QED) is 0.881. The van der Waals surface area contributed by atoms with Crippen molar-refractivity contribution in [3.63, 3.8) is 0 Å². The Morgan fingerprint density at radius 1 is 1.22 bits per heavy atom. The first-order chi connectivity index (χ1) is 11.1. The second kappa shape index (κ2) is 5.77. The van der Waals surface area contributed by atoms with Crippen LogP contribution in [0.5, 0.6) is 0 Å². The minimum absolute atomic E-state index is 0.260. The third-order valence-electron chi connectivity index (χ3n) is 6.60. The number of likely N-dealkylation sites (tertiary alicyclic amines) is 1. The molecular formula is C16H26FN5O. The molecule has 6 nitrogen and oxygen atoms in total. The van der Waals surface area contributed by atoms with Crippen LogP contribution in [0.25, 0.3) is 0 Å². The molecule has 1 aromatic rings. The zero-order chi connectivity index (χ0) is 15.9. The summed E-state index contributed by atoms with van der Waals surface area (Å²) in [6, 6.07) is 0. The van der Waals surface area contributed by atoms with Gasteiger partial charge in [0.05, 0.1) is 6.61 Å². The minimum atomic E-state index is -1.38. The van der Waals surface area contributed by atoms with E-state index in [1.54, 1.807) is 0 Å². The van der Waals surface area contributed by atoms with Crippen molar-refractivity contribution in [3.05, 3.63) is 5.82 Å². The number of alkyl halides is 1. The predicted octanol–water partition coefficient (Wildman–Crippen LogP) is 1.66. The van der Waals surface area contributed by atoms with Crippen LogP contribution in [0.1, 0.15) is 56.7 Å². The Morgan fingerprint density at radius 2 is 2.00 bits per heavy atom. The molecule has 1 aromatic heterocycles. The van der Waals surface area contributed by atoms with Gasteiger partial charge in [-0.3, -0.25) is 4.90 Å². The van der Waals surface area contributed by atoms with Gasteiger partial charge in [0, 0.05) is 31.0 Å². The molecule has 0 aromatic carbocycles. The molecule has 2 N–H and O–H groups in total. The van der Waals surface area contributed by atoms with Gasteiger partial charge in [-0.1, -0.05) is 11.6 Å². The largest absolute Gasteiger partial charge is 0.393 e. The van der Waals surface area contributed by atoms with E-state index in [-0.39, 0.29) is 12.0 Å². The molecule has 1 saturated heterocycles. The van der Waals surface area contributed by atoms with E-state index in [4.69, 9.17) is 0 Å². The number of rotatable bonds is 4. The van der Waals surface area contributed by atoms with Crippen LogP contribution in [0.15, 0.2) is 0 Å². The lowest BCUT2D eigenvalue weighted by atomic mass is 9.61. The molecule has 0 bridgehead atoms. The molecule has 4 rings (SSSR count). The molecule has 23 heavy (non-hydrogen) atoms. The smallest absolute Gasteiger partial charge is 0.177 e. The first-order valence-electron chi connectivity index (χ1n) is 8.90. The summed E-state index contributed by atoms with van der Waals surface area (Å²) >= 11 is 0. The summed E-state index contributed by atoms with van der Waals surface area (Å²) in [5.41, 5.74) is -1.64. The Bertz CT molecular complexity index is 515. The second-order valence-corrected chi connectivity index (χ2v) is 7.91. The third kappa shape index (κ3) is 2.58. The fourth-order valence-corrected chi connectivity index (χ4v) is 5.02. The van der Waals surface area contributed by atoms with Crippen molar-refractivity contribution in [3.8, 4) is 0 Å². The van der Waals surface area contributed by atoms with Crippen molar-refractivity contribution in [2.24, 2.45) is 11.3 Å². The fraction of sp³-hybridized carbons (Fsp3) is 0.938. The van der Waals surface area contributed by atoms with Gasteiger partial charge in [0.1, 0.15) is 0 Å². The van der Waals surface area contributed by atoms with E-state index in [9.17, 15) is 5.11 Å². The number of aromatic amines is 1. The first-order valence-corrected chi connectivity index (χ1v) is 8.90. The number of aliphatic hydroxyl groups excluding tert-OH is 1. The van der Waals surface area contributed by atoms with Gasteiger partial charge in [0.25, 0.3) is 0 Å². The van der Waals surface area contributed by atoms with Crippen LogP contribution in [0.3, 0.4) is 0 Å². The molecule has 128 valence electrons. The maximum atomic E-state index is 15.1. The monoisotopic (exact) mass is 323 g/mol. The lowest BCUT2D eigenvalue weighted by Crippen LogP contribution is -2.50. The number of nitrogens with zero attached hydrogens (tertiary/aromatic N) is 4. The number of aromatic nitrogens is 4. The van der Waals surface area contributed by atoms with E-state index >= 15 is 4.39 Å². The van der Waals surface area contributed by atoms with Crippen molar-refractivity contribution < 1.29 is 9.50 Å². The van der Waals surface area contributed by atoms with Crippen molar-refractivity contribution in [1.29, 1.82) is 0 Å². The number of halogens is 1. The summed E-state index contributed by atoms with van der Waals surface area (Å²) in [5, 5.41) is 23.9. The second-order valence-electron chi connectivity index (χ2n) is 7.91. The number of nitrogens with one attached hydrogen (secondary N) is 1. The van der Waals surface area contributed by atoms with Crippen molar-refractivity contribution in [1.82, 2.24) is 25.5 Å². The summed E-state index contributed by atoms with van der Waals surface area (Å²) in [7, 11) is 0. The number of hydrogen-bond donors (Lipinski definition) is 2. The number of hydrogen-bond acceptors (Lipinski definition) is 5. The lowest BCUT2D eigenvalue weighted by molar-refractivity contribution is -0.0588. The van der Waals surface area contributed by atoms with Gasteiger partial charge in [-0.25, -0.2) is 4.39 Å². The topological polar surface area (TPSA) is 77.9 Å². The van der Waals surface area contributed by atoms with Crippen LogP contribution in [-0.4, -0.2) is 62.5 Å². The molecule has 0 amide bonds. The van der Waals surface area contributed by atoms with E-state index in [1.807, 2.05) is 0 Å². The summed E-state index contributed by atoms with van der Waals surface area (Å²) in [6.07, 6.45) is 7.43. The predicted molar refractivity (Wildman–Crippen MR) is 82.5 cm³/mol. The zero-order valence-corrected chi connectivity index (χ0v) is 13.5. The summed E-state index contributed by atoms with van der Waals surface area (Å²) in [5.74, 6) is 1.87. The van der Waals surface area contributed by atoms with Crippen molar-refractivity contribution in [2.45, 2.75) is 56.5 Å². The zero-order valence-electron chi connectivity index (χ0n) is 13.5. The Labute approximate surface area is 135 Å². The van der Waals surface area contributed by atoms with Crippen LogP contribution < -0.4 is 0 Å². The Morgan fingerprint density at radius 3 is 2.52 bits per heavy atom. The average Bonchev–Trinajstić information content (AvgIpc) is 3.14. The molecule has 1 spiro atoms. The van der Waals surface area contributed by atoms with Crippen LogP contribution in [0, 0.1) is 11.3 Å². The molecule has 1 unspecified atom stereocenters. The highest BCUT2D eigenvalue weighted by molar-refractivity contribution is 5.12. The highest BCUT2D eigenvalue weighted by Crippen LogP contribution is 2.55. The van der Waals surface area contributed by atoms with E-state index < -0.39 is 5.67 Å². The van der Waals surface area contributed by atoms with Crippen molar-refractivity contribution >= 4 is 0 Å². The Balaban J connectivity index is 1.32. The maximum absolute atomic E-state index is 15.1. The van der Waals surface area contributed by atoms with E-state index in [1.165, 1.54) is 0 Å². The Hall–Kier alpha value is -1.08. The molecule has 3 aliphatic rings. The fourth-order valence-electron chi connectivity index (χ4n) is 5.02. The molecule has 7 heteroatoms. The summed E-state index contributed by atoms with van der Waals surface area (Å²) in [4.78, 5) is 2.27. The van der Waals surface area contributed by atoms with Crippen LogP contribution in [0.2, 0.25) is 0 Å². The highest BCUT2D eigenvalue weighted by Gasteiger charge is 2.61.